The Morgan fingerprint density at radius 2 is 1.84 bits per heavy atom. The van der Waals surface area contributed by atoms with Gasteiger partial charge in [0.15, 0.2) is 0 Å². The van der Waals surface area contributed by atoms with Crippen molar-refractivity contribution in [2.24, 2.45) is 0 Å². The van der Waals surface area contributed by atoms with Crippen molar-refractivity contribution in [3.05, 3.63) is 53.1 Å². The van der Waals surface area contributed by atoms with Crippen molar-refractivity contribution in [3.63, 3.8) is 0 Å². The standard InChI is InChI=1S/C17H24OS/c1-14(2)8-7-9-15(3)12-13-19(18)17-11-6-5-10-16(17)4/h5-6,8,10-12H,7,9,13H2,1-4H3. The fourth-order valence-electron chi connectivity index (χ4n) is 1.81. The lowest BCUT2D eigenvalue weighted by Gasteiger charge is -2.04. The first-order valence-electron chi connectivity index (χ1n) is 6.73. The van der Waals surface area contributed by atoms with Crippen LogP contribution in [0.3, 0.4) is 0 Å². The summed E-state index contributed by atoms with van der Waals surface area (Å²) in [5.74, 6) is 0.617. The highest BCUT2D eigenvalue weighted by molar-refractivity contribution is 7.85. The maximum absolute atomic E-state index is 12.2. The highest BCUT2D eigenvalue weighted by atomic mass is 32.2. The van der Waals surface area contributed by atoms with Gasteiger partial charge in [-0.05, 0) is 52.2 Å². The van der Waals surface area contributed by atoms with Crippen LogP contribution in [0.25, 0.3) is 0 Å². The maximum atomic E-state index is 12.2. The average Bonchev–Trinajstić information content (AvgIpc) is 2.36. The zero-order valence-electron chi connectivity index (χ0n) is 12.4. The number of hydrogen-bond donors (Lipinski definition) is 0. The lowest BCUT2D eigenvalue weighted by Crippen LogP contribution is -1.98. The lowest BCUT2D eigenvalue weighted by atomic mass is 10.1. The quantitative estimate of drug-likeness (QED) is 0.682. The van der Waals surface area contributed by atoms with Gasteiger partial charge in [0, 0.05) is 10.6 Å². The summed E-state index contributed by atoms with van der Waals surface area (Å²) in [7, 11) is -0.922. The average molecular weight is 276 g/mol. The van der Waals surface area contributed by atoms with E-state index in [1.807, 2.05) is 31.2 Å². The van der Waals surface area contributed by atoms with E-state index in [1.54, 1.807) is 0 Å². The molecule has 1 unspecified atom stereocenters. The molecule has 0 radical (unpaired) electrons. The number of allylic oxidation sites excluding steroid dienone is 3. The summed E-state index contributed by atoms with van der Waals surface area (Å²) in [4.78, 5) is 0.954. The Kier molecular flexibility index (Phi) is 6.79. The molecule has 0 aliphatic rings. The van der Waals surface area contributed by atoms with Crippen molar-refractivity contribution >= 4 is 10.8 Å². The molecular formula is C17H24OS. The van der Waals surface area contributed by atoms with Crippen molar-refractivity contribution < 1.29 is 4.21 Å². The Morgan fingerprint density at radius 1 is 1.16 bits per heavy atom. The molecule has 0 bridgehead atoms. The monoisotopic (exact) mass is 276 g/mol. The van der Waals surface area contributed by atoms with Crippen molar-refractivity contribution in [2.45, 2.75) is 45.4 Å². The highest BCUT2D eigenvalue weighted by Crippen LogP contribution is 2.14. The summed E-state index contributed by atoms with van der Waals surface area (Å²) in [6.45, 7) is 8.37. The van der Waals surface area contributed by atoms with Gasteiger partial charge in [-0.2, -0.15) is 0 Å². The topological polar surface area (TPSA) is 17.1 Å². The molecule has 1 aromatic rings. The molecule has 0 aliphatic heterocycles. The summed E-state index contributed by atoms with van der Waals surface area (Å²) in [6, 6.07) is 7.90. The van der Waals surface area contributed by atoms with E-state index in [9.17, 15) is 4.21 Å². The van der Waals surface area contributed by atoms with Crippen LogP contribution in [0, 0.1) is 6.92 Å². The first kappa shape index (κ1) is 15.9. The molecule has 1 atom stereocenters. The molecule has 1 nitrogen and oxygen atoms in total. The minimum absolute atomic E-state index is 0.617. The molecule has 0 fully saturated rings. The van der Waals surface area contributed by atoms with Crippen molar-refractivity contribution in [1.29, 1.82) is 0 Å². The smallest absolute Gasteiger partial charge is 0.0570 e. The largest absolute Gasteiger partial charge is 0.254 e. The second-order valence-corrected chi connectivity index (χ2v) is 6.61. The van der Waals surface area contributed by atoms with Crippen LogP contribution in [-0.2, 0) is 10.8 Å². The van der Waals surface area contributed by atoms with Gasteiger partial charge >= 0.3 is 0 Å². The lowest BCUT2D eigenvalue weighted by molar-refractivity contribution is 0.684. The molecule has 0 spiro atoms. The Bertz CT molecular complexity index is 494. The molecular weight excluding hydrogens is 252 g/mol. The third kappa shape index (κ3) is 6.02. The predicted molar refractivity (Wildman–Crippen MR) is 84.9 cm³/mol. The van der Waals surface area contributed by atoms with Gasteiger partial charge in [0.1, 0.15) is 0 Å². The molecule has 0 heterocycles. The van der Waals surface area contributed by atoms with Crippen LogP contribution < -0.4 is 0 Å². The zero-order valence-corrected chi connectivity index (χ0v) is 13.2. The first-order valence-corrected chi connectivity index (χ1v) is 8.05. The first-order chi connectivity index (χ1) is 9.00. The Morgan fingerprint density at radius 3 is 2.47 bits per heavy atom. The van der Waals surface area contributed by atoms with E-state index in [1.165, 1.54) is 11.1 Å². The molecule has 0 N–H and O–H groups in total. The van der Waals surface area contributed by atoms with Gasteiger partial charge in [0.25, 0.3) is 0 Å². The minimum atomic E-state index is -0.922. The van der Waals surface area contributed by atoms with Crippen LogP contribution >= 0.6 is 0 Å². The number of aryl methyl sites for hydroxylation is 1. The number of rotatable bonds is 6. The summed E-state index contributed by atoms with van der Waals surface area (Å²) in [5, 5.41) is 0. The van der Waals surface area contributed by atoms with Gasteiger partial charge in [0.2, 0.25) is 0 Å². The molecule has 1 aromatic carbocycles. The minimum Gasteiger partial charge on any atom is -0.254 e. The molecule has 19 heavy (non-hydrogen) atoms. The Labute approximate surface area is 119 Å². The van der Waals surface area contributed by atoms with Gasteiger partial charge in [-0.3, -0.25) is 4.21 Å². The fraction of sp³-hybridized carbons (Fsp3) is 0.412. The summed E-state index contributed by atoms with van der Waals surface area (Å²) in [6.07, 6.45) is 6.48. The van der Waals surface area contributed by atoms with Gasteiger partial charge in [-0.1, -0.05) is 41.5 Å². The van der Waals surface area contributed by atoms with E-state index < -0.39 is 10.8 Å². The molecule has 2 heteroatoms. The zero-order chi connectivity index (χ0) is 14.3. The molecule has 0 saturated carbocycles. The Hall–Kier alpha value is -1.15. The number of hydrogen-bond acceptors (Lipinski definition) is 1. The van der Waals surface area contributed by atoms with Crippen molar-refractivity contribution in [1.82, 2.24) is 0 Å². The van der Waals surface area contributed by atoms with Gasteiger partial charge in [-0.15, -0.1) is 0 Å². The van der Waals surface area contributed by atoms with E-state index in [4.69, 9.17) is 0 Å². The van der Waals surface area contributed by atoms with Crippen LogP contribution in [0.2, 0.25) is 0 Å². The summed E-state index contributed by atoms with van der Waals surface area (Å²) >= 11 is 0. The van der Waals surface area contributed by atoms with Gasteiger partial charge < -0.3 is 0 Å². The van der Waals surface area contributed by atoms with Crippen LogP contribution in [0.15, 0.2) is 52.5 Å². The third-order valence-electron chi connectivity index (χ3n) is 3.01. The van der Waals surface area contributed by atoms with Crippen LogP contribution in [0.1, 0.15) is 39.2 Å². The Balaban J connectivity index is 2.54. The summed E-state index contributed by atoms with van der Waals surface area (Å²) < 4.78 is 12.2. The molecule has 0 aromatic heterocycles. The van der Waals surface area contributed by atoms with Crippen molar-refractivity contribution in [3.8, 4) is 0 Å². The summed E-state index contributed by atoms with van der Waals surface area (Å²) in [5.41, 5.74) is 3.78. The van der Waals surface area contributed by atoms with E-state index in [2.05, 4.69) is 32.9 Å². The van der Waals surface area contributed by atoms with Gasteiger partial charge in [-0.25, -0.2) is 0 Å². The predicted octanol–water partition coefficient (Wildman–Crippen LogP) is 4.80. The van der Waals surface area contributed by atoms with Crippen LogP contribution in [0.5, 0.6) is 0 Å². The van der Waals surface area contributed by atoms with Crippen LogP contribution in [-0.4, -0.2) is 9.96 Å². The molecule has 1 rings (SSSR count). The number of benzene rings is 1. The highest BCUT2D eigenvalue weighted by Gasteiger charge is 2.04. The molecule has 104 valence electrons. The third-order valence-corrected chi connectivity index (χ3v) is 4.43. The SMILES string of the molecule is CC(C)=CCCC(C)=CCS(=O)c1ccccc1C. The maximum Gasteiger partial charge on any atom is 0.0570 e. The van der Waals surface area contributed by atoms with E-state index in [-0.39, 0.29) is 0 Å². The molecule has 0 aliphatic carbocycles. The van der Waals surface area contributed by atoms with Crippen LogP contribution in [0.4, 0.5) is 0 Å². The second kappa shape index (κ2) is 8.11. The van der Waals surface area contributed by atoms with E-state index in [0.29, 0.717) is 5.75 Å². The molecule has 0 saturated heterocycles. The second-order valence-electron chi connectivity index (χ2n) is 5.15. The van der Waals surface area contributed by atoms with E-state index >= 15 is 0 Å². The van der Waals surface area contributed by atoms with Crippen molar-refractivity contribution in [2.75, 3.05) is 5.75 Å². The molecule has 0 amide bonds. The fourth-order valence-corrected chi connectivity index (χ4v) is 3.08. The normalized spacial score (nSPS) is 13.2. The van der Waals surface area contributed by atoms with Gasteiger partial charge in [0.05, 0.1) is 10.8 Å². The van der Waals surface area contributed by atoms with E-state index in [0.717, 1.165) is 23.3 Å².